The number of carbonyl (C=O) groups is 3. The number of thiazole rings is 1. The summed E-state index contributed by atoms with van der Waals surface area (Å²) >= 11 is 2.78. The average molecular weight is 556 g/mol. The first-order chi connectivity index (χ1) is 17.8. The van der Waals surface area contributed by atoms with Crippen molar-refractivity contribution in [3.63, 3.8) is 0 Å². The number of aliphatic hydroxyl groups excluding tert-OH is 1. The van der Waals surface area contributed by atoms with E-state index in [4.69, 9.17) is 15.0 Å². The fraction of sp³-hybridized carbons (Fsp3) is 0.429. The Kier molecular flexibility index (Phi) is 8.09. The number of carbonyl (C=O) groups excluding carboxylic acids is 2. The number of hydrogen-bond acceptors (Lipinski definition) is 11. The van der Waals surface area contributed by atoms with Gasteiger partial charge in [-0.1, -0.05) is 16.5 Å². The summed E-state index contributed by atoms with van der Waals surface area (Å²) < 4.78 is 19.2. The summed E-state index contributed by atoms with van der Waals surface area (Å²) in [6.07, 6.45) is 1.56. The van der Waals surface area contributed by atoms with Gasteiger partial charge in [0.1, 0.15) is 42.4 Å². The first kappa shape index (κ1) is 26.6. The van der Waals surface area contributed by atoms with Crippen LogP contribution in [0.15, 0.2) is 32.6 Å². The number of hydrogen-bond donors (Lipinski definition) is 4. The highest BCUT2D eigenvalue weighted by atomic mass is 32.2. The molecule has 0 radical (unpaired) electrons. The Labute approximate surface area is 217 Å². The number of aliphatic carboxylic acids is 1. The zero-order valence-electron chi connectivity index (χ0n) is 19.5. The van der Waals surface area contributed by atoms with Crippen molar-refractivity contribution in [3.8, 4) is 0 Å². The number of carboxylic acids is 1. The van der Waals surface area contributed by atoms with E-state index in [0.29, 0.717) is 17.7 Å². The maximum absolute atomic E-state index is 13.0. The van der Waals surface area contributed by atoms with Crippen LogP contribution in [0.4, 0.5) is 10.4 Å². The second-order valence-electron chi connectivity index (χ2n) is 7.98. The molecular weight excluding hydrogens is 531 g/mol. The number of β-lactam (4-membered cyclic amide) rings is 1. The topological polar surface area (TPSA) is 184 Å². The quantitative estimate of drug-likeness (QED) is 0.0933. The highest BCUT2D eigenvalue weighted by Crippen LogP contribution is 2.40. The van der Waals surface area contributed by atoms with E-state index in [1.165, 1.54) is 23.1 Å². The zero-order chi connectivity index (χ0) is 26.7. The van der Waals surface area contributed by atoms with Gasteiger partial charge in [0.2, 0.25) is 5.51 Å². The highest BCUT2D eigenvalue weighted by Gasteiger charge is 2.55. The predicted molar refractivity (Wildman–Crippen MR) is 129 cm³/mol. The molecule has 2 aliphatic heterocycles. The molecule has 2 atom stereocenters. The first-order valence-electron chi connectivity index (χ1n) is 11.0. The second kappa shape index (κ2) is 11.3. The molecule has 2 aromatic heterocycles. The van der Waals surface area contributed by atoms with Gasteiger partial charge in [-0.3, -0.25) is 14.5 Å². The van der Waals surface area contributed by atoms with Crippen LogP contribution < -0.4 is 15.6 Å². The molecule has 1 saturated heterocycles. The molecule has 2 aliphatic rings. The Bertz CT molecular complexity index is 1280. The molecule has 16 heteroatoms. The average Bonchev–Trinajstić information content (AvgIpc) is 3.45. The molecule has 0 bridgehead atoms. The number of rotatable bonds is 11. The maximum atomic E-state index is 13.0. The molecule has 4 heterocycles. The van der Waals surface area contributed by atoms with Gasteiger partial charge in [-0.2, -0.15) is 9.55 Å². The maximum Gasteiger partial charge on any atom is 0.352 e. The summed E-state index contributed by atoms with van der Waals surface area (Å²) in [7, 11) is 0. The van der Waals surface area contributed by atoms with Crippen LogP contribution in [0.2, 0.25) is 0 Å². The summed E-state index contributed by atoms with van der Waals surface area (Å²) in [5.41, 5.74) is 8.20. The van der Waals surface area contributed by atoms with Gasteiger partial charge in [0.15, 0.2) is 18.0 Å². The molecule has 1 fully saturated rings. The molecule has 0 unspecified atom stereocenters. The van der Waals surface area contributed by atoms with E-state index in [9.17, 15) is 29.0 Å². The van der Waals surface area contributed by atoms with Crippen LogP contribution in [0.25, 0.3) is 0 Å². The van der Waals surface area contributed by atoms with Crippen LogP contribution >= 0.6 is 23.1 Å². The largest absolute Gasteiger partial charge is 0.477 e. The van der Waals surface area contributed by atoms with Crippen molar-refractivity contribution in [2.24, 2.45) is 5.16 Å². The van der Waals surface area contributed by atoms with Gasteiger partial charge in [-0.25, -0.2) is 9.18 Å². The molecule has 37 heavy (non-hydrogen) atoms. The Morgan fingerprint density at radius 2 is 2.27 bits per heavy atom. The number of aliphatic hydroxyl groups is 1. The third-order valence-electron chi connectivity index (χ3n) is 5.70. The van der Waals surface area contributed by atoms with Gasteiger partial charge in [-0.15, -0.1) is 11.8 Å². The fourth-order valence-electron chi connectivity index (χ4n) is 3.91. The minimum atomic E-state index is -1.25. The molecule has 198 valence electrons. The summed E-state index contributed by atoms with van der Waals surface area (Å²) in [4.78, 5) is 48.8. The number of nitrogen functional groups attached to an aromatic ring is 1. The van der Waals surface area contributed by atoms with E-state index in [2.05, 4.69) is 15.5 Å². The number of oxazole rings is 1. The van der Waals surface area contributed by atoms with E-state index >= 15 is 0 Å². The number of thioether (sulfide) groups is 1. The number of halogens is 1. The first-order valence-corrected chi connectivity index (χ1v) is 12.9. The number of nitrogens with one attached hydrogen (secondary N) is 1. The minimum Gasteiger partial charge on any atom is -0.477 e. The predicted octanol–water partition coefficient (Wildman–Crippen LogP) is -0.422. The van der Waals surface area contributed by atoms with Gasteiger partial charge in [0.05, 0.1) is 4.88 Å². The second-order valence-corrected chi connectivity index (χ2v) is 10.0. The number of fused-ring (bicyclic) bond motifs is 1. The van der Waals surface area contributed by atoms with Crippen molar-refractivity contribution >= 4 is 52.6 Å². The lowest BCUT2D eigenvalue weighted by molar-refractivity contribution is -0.690. The molecule has 2 amide bonds. The zero-order valence-corrected chi connectivity index (χ0v) is 21.2. The van der Waals surface area contributed by atoms with Crippen molar-refractivity contribution in [1.29, 1.82) is 0 Å². The number of carboxylic acid groups (broad SMARTS) is 1. The van der Waals surface area contributed by atoms with Gasteiger partial charge in [0, 0.05) is 31.3 Å². The van der Waals surface area contributed by atoms with Gasteiger partial charge < -0.3 is 30.5 Å². The lowest BCUT2D eigenvalue weighted by Gasteiger charge is -2.49. The number of aromatic nitrogens is 2. The van der Waals surface area contributed by atoms with Crippen molar-refractivity contribution in [2.45, 2.75) is 31.3 Å². The van der Waals surface area contributed by atoms with Crippen LogP contribution in [0.1, 0.15) is 16.3 Å². The van der Waals surface area contributed by atoms with Gasteiger partial charge >= 0.3 is 5.97 Å². The van der Waals surface area contributed by atoms with E-state index < -0.39 is 42.5 Å². The smallest absolute Gasteiger partial charge is 0.352 e. The lowest BCUT2D eigenvalue weighted by atomic mass is 10.0. The number of oxime groups is 1. The highest BCUT2D eigenvalue weighted by molar-refractivity contribution is 8.00. The molecule has 2 aromatic rings. The monoisotopic (exact) mass is 555 g/mol. The Morgan fingerprint density at radius 3 is 2.92 bits per heavy atom. The van der Waals surface area contributed by atoms with Crippen molar-refractivity contribution in [2.75, 3.05) is 31.4 Å². The summed E-state index contributed by atoms with van der Waals surface area (Å²) in [5, 5.41) is 24.6. The standard InChI is InChI=1S/C21H23FN6O7S2/c1-10-13(2-4-29)37-9-27(10)6-11-8-36-19-15(18(31)28(19)16(11)20(32)33)25-17(30)14(26-35-5-3-22)12-7-34-21(23)24-12/h7,9,15,19,29H,2-6,8H2,1H3,(H3-,23,24,25,30,32,33)/p+1/b26-14-/t15-,19-/m1/s1. The molecule has 0 saturated carbocycles. The third kappa shape index (κ3) is 5.30. The summed E-state index contributed by atoms with van der Waals surface area (Å²) in [6, 6.07) is -1.27. The van der Waals surface area contributed by atoms with Gasteiger partial charge in [0.25, 0.3) is 17.8 Å². The number of alkyl halides is 1. The summed E-state index contributed by atoms with van der Waals surface area (Å²) in [5.74, 6) is -2.38. The van der Waals surface area contributed by atoms with E-state index in [1.807, 2.05) is 17.0 Å². The molecular formula is C21H24FN6O7S2+. The van der Waals surface area contributed by atoms with Crippen LogP contribution in [-0.4, -0.2) is 80.6 Å². The molecule has 5 N–H and O–H groups in total. The van der Waals surface area contributed by atoms with E-state index in [0.717, 1.165) is 21.7 Å². The van der Waals surface area contributed by atoms with Crippen molar-refractivity contribution < 1.29 is 42.8 Å². The normalized spacial score (nSPS) is 19.5. The van der Waals surface area contributed by atoms with Crippen molar-refractivity contribution in [3.05, 3.63) is 39.3 Å². The van der Waals surface area contributed by atoms with Gasteiger partial charge in [-0.05, 0) is 0 Å². The molecule has 0 aliphatic carbocycles. The summed E-state index contributed by atoms with van der Waals surface area (Å²) in [6.45, 7) is 0.923. The molecule has 13 nitrogen and oxygen atoms in total. The number of amides is 2. The molecule has 0 spiro atoms. The van der Waals surface area contributed by atoms with Crippen LogP contribution in [-0.2, 0) is 32.2 Å². The van der Waals surface area contributed by atoms with Crippen LogP contribution in [0.3, 0.4) is 0 Å². The Hall–Kier alpha value is -3.50. The lowest BCUT2D eigenvalue weighted by Crippen LogP contribution is -2.71. The number of nitrogens with two attached hydrogens (primary N) is 1. The number of anilines is 1. The molecule has 4 rings (SSSR count). The Morgan fingerprint density at radius 1 is 1.49 bits per heavy atom. The number of nitrogens with zero attached hydrogens (tertiary/aromatic N) is 4. The van der Waals surface area contributed by atoms with Crippen molar-refractivity contribution in [1.82, 2.24) is 15.2 Å². The minimum absolute atomic E-state index is 0.00971. The van der Waals surface area contributed by atoms with Crippen LogP contribution in [0.5, 0.6) is 0 Å². The SMILES string of the molecule is Cc1c(CCO)sc[n+]1CC1=C(C(=O)O)N2C(=O)[C@@H](NC(=O)/C(=N\OCCF)c3coc(N)n3)[C@H]2SC1. The molecule has 0 aromatic carbocycles. The third-order valence-corrected chi connectivity index (χ3v) is 8.18. The van der Waals surface area contributed by atoms with E-state index in [1.54, 1.807) is 0 Å². The Balaban J connectivity index is 1.52. The fourth-order valence-corrected chi connectivity index (χ4v) is 6.23. The van der Waals surface area contributed by atoms with Crippen LogP contribution in [0, 0.1) is 6.92 Å². The van der Waals surface area contributed by atoms with E-state index in [-0.39, 0.29) is 36.3 Å².